The zero-order valence-electron chi connectivity index (χ0n) is 15.8. The minimum Gasteiger partial charge on any atom is -0.345 e. The maximum Gasteiger partial charge on any atom is 0.251 e. The predicted molar refractivity (Wildman–Crippen MR) is 113 cm³/mol. The zero-order chi connectivity index (χ0) is 20.4. The Labute approximate surface area is 173 Å². The third-order valence-corrected chi connectivity index (χ3v) is 5.26. The molecule has 146 valence electrons. The SMILES string of the molecule is Cc1ccccc1C(=O)NCc1nc2ccccc2n1Cc1c(F)cccc1Cl. The highest BCUT2D eigenvalue weighted by atomic mass is 35.5. The molecule has 0 saturated carbocycles. The fourth-order valence-corrected chi connectivity index (χ4v) is 3.58. The van der Waals surface area contributed by atoms with E-state index in [9.17, 15) is 9.18 Å². The smallest absolute Gasteiger partial charge is 0.251 e. The first-order valence-electron chi connectivity index (χ1n) is 9.25. The lowest BCUT2D eigenvalue weighted by atomic mass is 10.1. The van der Waals surface area contributed by atoms with Crippen LogP contribution in [0, 0.1) is 12.7 Å². The first-order chi connectivity index (χ1) is 14.0. The van der Waals surface area contributed by atoms with E-state index in [1.165, 1.54) is 6.07 Å². The number of para-hydroxylation sites is 2. The second-order valence-electron chi connectivity index (χ2n) is 6.80. The predicted octanol–water partition coefficient (Wildman–Crippen LogP) is 5.12. The summed E-state index contributed by atoms with van der Waals surface area (Å²) in [6.45, 7) is 2.33. The average molecular weight is 408 g/mol. The number of aromatic nitrogens is 2. The first kappa shape index (κ1) is 19.2. The Balaban J connectivity index is 1.67. The summed E-state index contributed by atoms with van der Waals surface area (Å²) >= 11 is 6.23. The molecule has 0 bridgehead atoms. The van der Waals surface area contributed by atoms with Gasteiger partial charge in [-0.25, -0.2) is 9.37 Å². The van der Waals surface area contributed by atoms with Crippen LogP contribution in [0.25, 0.3) is 11.0 Å². The number of amides is 1. The van der Waals surface area contributed by atoms with Crippen molar-refractivity contribution in [2.24, 2.45) is 0 Å². The molecule has 0 atom stereocenters. The van der Waals surface area contributed by atoms with Crippen molar-refractivity contribution in [3.05, 3.63) is 100 Å². The molecular weight excluding hydrogens is 389 g/mol. The summed E-state index contributed by atoms with van der Waals surface area (Å²) in [5.74, 6) is 0.0864. The standard InChI is InChI=1S/C23H19ClFN3O/c1-15-7-2-3-8-16(15)23(29)26-13-22-27-20-11-4-5-12-21(20)28(22)14-17-18(24)9-6-10-19(17)25/h2-12H,13-14H2,1H3,(H,26,29). The van der Waals surface area contributed by atoms with Crippen LogP contribution in [0.5, 0.6) is 0 Å². The van der Waals surface area contributed by atoms with Gasteiger partial charge in [-0.15, -0.1) is 0 Å². The van der Waals surface area contributed by atoms with Crippen LogP contribution in [0.3, 0.4) is 0 Å². The molecule has 0 spiro atoms. The molecule has 1 heterocycles. The van der Waals surface area contributed by atoms with Crippen LogP contribution in [0.1, 0.15) is 27.3 Å². The Morgan fingerprint density at radius 1 is 1.07 bits per heavy atom. The Morgan fingerprint density at radius 2 is 1.83 bits per heavy atom. The number of hydrogen-bond donors (Lipinski definition) is 1. The van der Waals surface area contributed by atoms with Crippen LogP contribution in [0.4, 0.5) is 4.39 Å². The molecule has 1 aromatic heterocycles. The summed E-state index contributed by atoms with van der Waals surface area (Å²) in [4.78, 5) is 17.2. The largest absolute Gasteiger partial charge is 0.345 e. The summed E-state index contributed by atoms with van der Waals surface area (Å²) in [6, 6.07) is 19.6. The Morgan fingerprint density at radius 3 is 2.62 bits per heavy atom. The van der Waals surface area contributed by atoms with Crippen LogP contribution in [-0.2, 0) is 13.1 Å². The monoisotopic (exact) mass is 407 g/mol. The summed E-state index contributed by atoms with van der Waals surface area (Å²) in [5, 5.41) is 3.28. The van der Waals surface area contributed by atoms with Gasteiger partial charge in [-0.3, -0.25) is 4.79 Å². The highest BCUT2D eigenvalue weighted by molar-refractivity contribution is 6.31. The van der Waals surface area contributed by atoms with E-state index in [0.29, 0.717) is 22.0 Å². The summed E-state index contributed by atoms with van der Waals surface area (Å²) < 4.78 is 16.3. The van der Waals surface area contributed by atoms with Crippen LogP contribution < -0.4 is 5.32 Å². The summed E-state index contributed by atoms with van der Waals surface area (Å²) in [5.41, 5.74) is 3.54. The van der Waals surface area contributed by atoms with Gasteiger partial charge in [-0.1, -0.05) is 48.0 Å². The molecule has 4 aromatic rings. The second kappa shape index (κ2) is 8.05. The molecular formula is C23H19ClFN3O. The fourth-order valence-electron chi connectivity index (χ4n) is 3.36. The number of imidazole rings is 1. The number of benzene rings is 3. The molecule has 0 aliphatic rings. The van der Waals surface area contributed by atoms with Gasteiger partial charge in [0, 0.05) is 16.1 Å². The molecule has 1 amide bonds. The number of nitrogens with zero attached hydrogens (tertiary/aromatic N) is 2. The van der Waals surface area contributed by atoms with Gasteiger partial charge in [0.25, 0.3) is 5.91 Å². The van der Waals surface area contributed by atoms with Crippen molar-refractivity contribution in [1.82, 2.24) is 14.9 Å². The van der Waals surface area contributed by atoms with Crippen molar-refractivity contribution in [3.8, 4) is 0 Å². The number of carbonyl (C=O) groups excluding carboxylic acids is 1. The molecule has 3 aromatic carbocycles. The van der Waals surface area contributed by atoms with E-state index in [4.69, 9.17) is 11.6 Å². The number of carbonyl (C=O) groups is 1. The molecule has 4 rings (SSSR count). The van der Waals surface area contributed by atoms with Crippen molar-refractivity contribution in [1.29, 1.82) is 0 Å². The first-order valence-corrected chi connectivity index (χ1v) is 9.63. The highest BCUT2D eigenvalue weighted by Gasteiger charge is 2.16. The molecule has 0 unspecified atom stereocenters. The van der Waals surface area contributed by atoms with Gasteiger partial charge in [0.15, 0.2) is 0 Å². The maximum absolute atomic E-state index is 14.4. The number of halogens is 2. The Hall–Kier alpha value is -3.18. The van der Waals surface area contributed by atoms with Gasteiger partial charge in [-0.05, 0) is 42.8 Å². The quantitative estimate of drug-likeness (QED) is 0.499. The number of nitrogens with one attached hydrogen (secondary N) is 1. The maximum atomic E-state index is 14.4. The van der Waals surface area contributed by atoms with E-state index in [-0.39, 0.29) is 24.8 Å². The van der Waals surface area contributed by atoms with Crippen LogP contribution in [0.2, 0.25) is 5.02 Å². The molecule has 0 saturated heterocycles. The van der Waals surface area contributed by atoms with E-state index in [1.807, 2.05) is 54.0 Å². The lowest BCUT2D eigenvalue weighted by Crippen LogP contribution is -2.25. The van der Waals surface area contributed by atoms with Crippen molar-refractivity contribution < 1.29 is 9.18 Å². The normalized spacial score (nSPS) is 11.0. The van der Waals surface area contributed by atoms with Crippen LogP contribution in [0.15, 0.2) is 66.7 Å². The van der Waals surface area contributed by atoms with E-state index in [1.54, 1.807) is 18.2 Å². The van der Waals surface area contributed by atoms with Gasteiger partial charge in [0.05, 0.1) is 24.1 Å². The van der Waals surface area contributed by atoms with E-state index >= 15 is 0 Å². The fraction of sp³-hybridized carbons (Fsp3) is 0.130. The van der Waals surface area contributed by atoms with Gasteiger partial charge in [-0.2, -0.15) is 0 Å². The van der Waals surface area contributed by atoms with Crippen LogP contribution in [-0.4, -0.2) is 15.5 Å². The highest BCUT2D eigenvalue weighted by Crippen LogP contribution is 2.24. The average Bonchev–Trinajstić information content (AvgIpc) is 3.07. The third kappa shape index (κ3) is 3.87. The molecule has 4 nitrogen and oxygen atoms in total. The van der Waals surface area contributed by atoms with Crippen molar-refractivity contribution in [2.75, 3.05) is 0 Å². The van der Waals surface area contributed by atoms with Crippen molar-refractivity contribution in [2.45, 2.75) is 20.0 Å². The Kier molecular flexibility index (Phi) is 5.32. The lowest BCUT2D eigenvalue weighted by molar-refractivity contribution is 0.0949. The van der Waals surface area contributed by atoms with E-state index in [0.717, 1.165) is 16.6 Å². The van der Waals surface area contributed by atoms with Gasteiger partial charge < -0.3 is 9.88 Å². The van der Waals surface area contributed by atoms with Gasteiger partial charge in [0.1, 0.15) is 11.6 Å². The van der Waals surface area contributed by atoms with Crippen LogP contribution >= 0.6 is 11.6 Å². The topological polar surface area (TPSA) is 46.9 Å². The van der Waals surface area contributed by atoms with Crippen molar-refractivity contribution in [3.63, 3.8) is 0 Å². The molecule has 29 heavy (non-hydrogen) atoms. The molecule has 0 fully saturated rings. The van der Waals surface area contributed by atoms with E-state index < -0.39 is 0 Å². The number of hydrogen-bond acceptors (Lipinski definition) is 2. The zero-order valence-corrected chi connectivity index (χ0v) is 16.6. The minimum absolute atomic E-state index is 0.175. The molecule has 0 aliphatic heterocycles. The lowest BCUT2D eigenvalue weighted by Gasteiger charge is -2.13. The number of aryl methyl sites for hydroxylation is 1. The Bertz CT molecular complexity index is 1180. The molecule has 0 radical (unpaired) electrons. The number of rotatable bonds is 5. The second-order valence-corrected chi connectivity index (χ2v) is 7.21. The minimum atomic E-state index is -0.370. The molecule has 0 aliphatic carbocycles. The third-order valence-electron chi connectivity index (χ3n) is 4.91. The molecule has 6 heteroatoms. The van der Waals surface area contributed by atoms with Gasteiger partial charge >= 0.3 is 0 Å². The van der Waals surface area contributed by atoms with Crippen molar-refractivity contribution >= 4 is 28.5 Å². The summed E-state index contributed by atoms with van der Waals surface area (Å²) in [7, 11) is 0. The number of fused-ring (bicyclic) bond motifs is 1. The molecule has 1 N–H and O–H groups in total. The summed E-state index contributed by atoms with van der Waals surface area (Å²) in [6.07, 6.45) is 0. The van der Waals surface area contributed by atoms with Gasteiger partial charge in [0.2, 0.25) is 0 Å². The van der Waals surface area contributed by atoms with E-state index in [2.05, 4.69) is 10.3 Å².